The number of hydrogen-bond acceptors (Lipinski definition) is 3. The summed E-state index contributed by atoms with van der Waals surface area (Å²) < 4.78 is 1.91. The minimum Gasteiger partial charge on any atom is -0.308 e. The van der Waals surface area contributed by atoms with Gasteiger partial charge in [-0.05, 0) is 13.8 Å². The van der Waals surface area contributed by atoms with Gasteiger partial charge in [0.1, 0.15) is 16.8 Å². The van der Waals surface area contributed by atoms with E-state index in [1.165, 1.54) is 0 Å². The summed E-state index contributed by atoms with van der Waals surface area (Å²) >= 11 is 5.71. The quantitative estimate of drug-likeness (QED) is 0.776. The Kier molecular flexibility index (Phi) is 3.43. The van der Waals surface area contributed by atoms with Crippen LogP contribution in [0.4, 0.5) is 0 Å². The van der Waals surface area contributed by atoms with Crippen LogP contribution in [0.3, 0.4) is 0 Å². The Morgan fingerprint density at radius 3 is 2.88 bits per heavy atom. The number of aliphatic imine (C=N–C) groups is 1. The highest BCUT2D eigenvalue weighted by Crippen LogP contribution is 2.32. The van der Waals surface area contributed by atoms with E-state index in [1.807, 2.05) is 23.9 Å². The predicted octanol–water partition coefficient (Wildman–Crippen LogP) is 2.81. The van der Waals surface area contributed by atoms with E-state index in [1.54, 1.807) is 13.1 Å². The normalized spacial score (nSPS) is 18.4. The molecule has 0 bridgehead atoms. The Labute approximate surface area is 105 Å². The van der Waals surface area contributed by atoms with Crippen molar-refractivity contribution < 1.29 is 4.79 Å². The van der Waals surface area contributed by atoms with E-state index < -0.39 is 0 Å². The SMILES string of the molecule is CC(=C/n1ccnc1C1CC(=O)C1)/N=C(\C)Cl. The topological polar surface area (TPSA) is 47.2 Å². The summed E-state index contributed by atoms with van der Waals surface area (Å²) in [7, 11) is 0. The van der Waals surface area contributed by atoms with Crippen LogP contribution in [-0.2, 0) is 4.79 Å². The van der Waals surface area contributed by atoms with Crippen molar-refractivity contribution in [2.24, 2.45) is 4.99 Å². The Morgan fingerprint density at radius 1 is 1.59 bits per heavy atom. The molecule has 4 nitrogen and oxygen atoms in total. The molecule has 90 valence electrons. The van der Waals surface area contributed by atoms with Crippen LogP contribution in [0.5, 0.6) is 0 Å². The van der Waals surface area contributed by atoms with Gasteiger partial charge in [-0.15, -0.1) is 0 Å². The molecular formula is C12H14ClN3O. The lowest BCUT2D eigenvalue weighted by Gasteiger charge is -2.23. The van der Waals surface area contributed by atoms with Gasteiger partial charge in [0, 0.05) is 37.4 Å². The zero-order valence-corrected chi connectivity index (χ0v) is 10.6. The number of aromatic nitrogens is 2. The molecule has 0 aliphatic heterocycles. The van der Waals surface area contributed by atoms with Crippen molar-refractivity contribution in [3.05, 3.63) is 23.9 Å². The lowest BCUT2D eigenvalue weighted by atomic mass is 9.83. The van der Waals surface area contributed by atoms with Gasteiger partial charge in [-0.25, -0.2) is 9.98 Å². The van der Waals surface area contributed by atoms with Crippen LogP contribution < -0.4 is 0 Å². The van der Waals surface area contributed by atoms with Crippen molar-refractivity contribution >= 4 is 28.8 Å². The monoisotopic (exact) mass is 251 g/mol. The van der Waals surface area contributed by atoms with Crippen molar-refractivity contribution in [2.45, 2.75) is 32.6 Å². The van der Waals surface area contributed by atoms with Gasteiger partial charge in [-0.3, -0.25) is 4.79 Å². The second-order valence-electron chi connectivity index (χ2n) is 4.22. The van der Waals surface area contributed by atoms with E-state index in [4.69, 9.17) is 11.6 Å². The summed E-state index contributed by atoms with van der Waals surface area (Å²) in [6.45, 7) is 3.61. The molecule has 2 rings (SSSR count). The number of hydrogen-bond donors (Lipinski definition) is 0. The largest absolute Gasteiger partial charge is 0.308 e. The first-order valence-corrected chi connectivity index (χ1v) is 5.87. The fourth-order valence-electron chi connectivity index (χ4n) is 1.90. The summed E-state index contributed by atoms with van der Waals surface area (Å²) in [6, 6.07) is 0. The lowest BCUT2D eigenvalue weighted by Crippen LogP contribution is -2.23. The second-order valence-corrected chi connectivity index (χ2v) is 4.76. The molecule has 0 N–H and O–H groups in total. The number of ketones is 1. The maximum Gasteiger partial charge on any atom is 0.134 e. The zero-order chi connectivity index (χ0) is 12.4. The molecule has 1 saturated carbocycles. The summed E-state index contributed by atoms with van der Waals surface area (Å²) in [4.78, 5) is 19.4. The molecule has 0 spiro atoms. The van der Waals surface area contributed by atoms with Gasteiger partial charge in [-0.2, -0.15) is 0 Å². The number of allylic oxidation sites excluding steroid dienone is 1. The van der Waals surface area contributed by atoms with Gasteiger partial charge < -0.3 is 4.57 Å². The van der Waals surface area contributed by atoms with Gasteiger partial charge in [0.15, 0.2) is 0 Å². The highest BCUT2D eigenvalue weighted by atomic mass is 35.5. The molecule has 0 radical (unpaired) electrons. The number of carbonyl (C=O) groups is 1. The van der Waals surface area contributed by atoms with E-state index in [9.17, 15) is 4.79 Å². The Bertz CT molecular complexity index is 490. The van der Waals surface area contributed by atoms with Crippen LogP contribution in [0.1, 0.15) is 38.4 Å². The molecular weight excluding hydrogens is 238 g/mol. The van der Waals surface area contributed by atoms with Gasteiger partial charge in [0.05, 0.1) is 5.70 Å². The van der Waals surface area contributed by atoms with Crippen LogP contribution in [0.25, 0.3) is 6.20 Å². The first kappa shape index (κ1) is 12.0. The zero-order valence-electron chi connectivity index (χ0n) is 9.85. The fraction of sp³-hybridized carbons (Fsp3) is 0.417. The third-order valence-corrected chi connectivity index (χ3v) is 2.75. The summed E-state index contributed by atoms with van der Waals surface area (Å²) in [5.74, 6) is 1.48. The van der Waals surface area contributed by atoms with Gasteiger partial charge in [-0.1, -0.05) is 11.6 Å². The van der Waals surface area contributed by atoms with Crippen LogP contribution in [0.15, 0.2) is 23.1 Å². The molecule has 5 heteroatoms. The van der Waals surface area contributed by atoms with E-state index in [0.717, 1.165) is 11.5 Å². The van der Waals surface area contributed by atoms with Crippen molar-refractivity contribution in [3.8, 4) is 0 Å². The van der Waals surface area contributed by atoms with E-state index in [2.05, 4.69) is 9.98 Å². The number of carbonyl (C=O) groups excluding carboxylic acids is 1. The smallest absolute Gasteiger partial charge is 0.134 e. The molecule has 1 aromatic heterocycles. The van der Waals surface area contributed by atoms with Gasteiger partial charge >= 0.3 is 0 Å². The highest BCUT2D eigenvalue weighted by Gasteiger charge is 2.30. The molecule has 1 aliphatic rings. The van der Waals surface area contributed by atoms with Crippen LogP contribution >= 0.6 is 11.6 Å². The molecule has 17 heavy (non-hydrogen) atoms. The number of nitrogens with zero attached hydrogens (tertiary/aromatic N) is 3. The van der Waals surface area contributed by atoms with Crippen molar-refractivity contribution in [3.63, 3.8) is 0 Å². The Morgan fingerprint density at radius 2 is 2.29 bits per heavy atom. The molecule has 1 fully saturated rings. The first-order chi connectivity index (χ1) is 8.06. The lowest BCUT2D eigenvalue weighted by molar-refractivity contribution is -0.124. The molecule has 0 unspecified atom stereocenters. The van der Waals surface area contributed by atoms with Crippen molar-refractivity contribution in [1.29, 1.82) is 0 Å². The average molecular weight is 252 g/mol. The molecule has 0 aromatic carbocycles. The molecule has 0 amide bonds. The predicted molar refractivity (Wildman–Crippen MR) is 68.1 cm³/mol. The van der Waals surface area contributed by atoms with Gasteiger partial charge in [0.2, 0.25) is 0 Å². The van der Waals surface area contributed by atoms with Crippen LogP contribution in [-0.4, -0.2) is 20.5 Å². The maximum absolute atomic E-state index is 11.0. The summed E-state index contributed by atoms with van der Waals surface area (Å²) in [5, 5.41) is 0.499. The van der Waals surface area contributed by atoms with E-state index in [0.29, 0.717) is 23.8 Å². The Hall–Kier alpha value is -1.42. The molecule has 1 heterocycles. The minimum atomic E-state index is 0.252. The first-order valence-electron chi connectivity index (χ1n) is 5.50. The number of Topliss-reactive ketones (excluding diaryl/α,β-unsaturated/α-hetero) is 1. The molecule has 0 atom stereocenters. The molecule has 1 aliphatic carbocycles. The maximum atomic E-state index is 11.0. The fourth-order valence-corrected chi connectivity index (χ4v) is 2.03. The number of rotatable bonds is 3. The highest BCUT2D eigenvalue weighted by molar-refractivity contribution is 6.64. The number of imidazole rings is 1. The standard InChI is InChI=1S/C12H14ClN3O/c1-8(15-9(2)13)7-16-4-3-14-12(16)10-5-11(17)6-10/h3-4,7,10H,5-6H2,1-2H3/b8-7-,15-9+. The van der Waals surface area contributed by atoms with Gasteiger partial charge in [0.25, 0.3) is 0 Å². The van der Waals surface area contributed by atoms with E-state index >= 15 is 0 Å². The summed E-state index contributed by atoms with van der Waals surface area (Å²) in [5.41, 5.74) is 0.808. The third-order valence-electron chi connectivity index (χ3n) is 2.67. The number of halogens is 1. The molecule has 0 saturated heterocycles. The van der Waals surface area contributed by atoms with Crippen LogP contribution in [0.2, 0.25) is 0 Å². The molecule has 1 aromatic rings. The van der Waals surface area contributed by atoms with Crippen LogP contribution in [0, 0.1) is 0 Å². The third kappa shape index (κ3) is 2.82. The minimum absolute atomic E-state index is 0.252. The van der Waals surface area contributed by atoms with Crippen molar-refractivity contribution in [2.75, 3.05) is 0 Å². The average Bonchev–Trinajstić information content (AvgIpc) is 2.59. The second kappa shape index (κ2) is 4.84. The Balaban J connectivity index is 2.20. The van der Waals surface area contributed by atoms with E-state index in [-0.39, 0.29) is 5.92 Å². The summed E-state index contributed by atoms with van der Waals surface area (Å²) in [6.07, 6.45) is 6.67. The van der Waals surface area contributed by atoms with Crippen molar-refractivity contribution in [1.82, 2.24) is 9.55 Å².